The summed E-state index contributed by atoms with van der Waals surface area (Å²) >= 11 is 3.40. The number of aromatic nitrogens is 1. The van der Waals surface area contributed by atoms with Gasteiger partial charge in [0.25, 0.3) is 17.4 Å². The molecule has 8 heteroatoms. The lowest BCUT2D eigenvalue weighted by atomic mass is 10.1. The summed E-state index contributed by atoms with van der Waals surface area (Å²) < 4.78 is 15.6. The van der Waals surface area contributed by atoms with Gasteiger partial charge in [-0.3, -0.25) is 19.0 Å². The Balaban J connectivity index is 1.63. The van der Waals surface area contributed by atoms with Gasteiger partial charge < -0.3 is 10.6 Å². The van der Waals surface area contributed by atoms with E-state index in [2.05, 4.69) is 26.6 Å². The zero-order valence-electron chi connectivity index (χ0n) is 17.5. The summed E-state index contributed by atoms with van der Waals surface area (Å²) in [6.45, 7) is 3.42. The number of aryl methyl sites for hydroxylation is 2. The number of rotatable bonds is 5. The number of anilines is 1. The van der Waals surface area contributed by atoms with Gasteiger partial charge in [0.2, 0.25) is 0 Å². The maximum atomic E-state index is 13.7. The van der Waals surface area contributed by atoms with Crippen LogP contribution in [0.3, 0.4) is 0 Å². The number of nitrogens with one attached hydrogen (secondary N) is 2. The number of nitrogens with zero attached hydrogens (tertiary/aromatic N) is 1. The normalized spacial score (nSPS) is 13.0. The second-order valence-corrected chi connectivity index (χ2v) is 8.77. The minimum absolute atomic E-state index is 0.189. The third-order valence-corrected chi connectivity index (χ3v) is 5.95. The molecule has 2 amide bonds. The maximum absolute atomic E-state index is 13.7. The number of hydrogen-bond acceptors (Lipinski definition) is 3. The van der Waals surface area contributed by atoms with E-state index in [4.69, 9.17) is 0 Å². The second-order valence-electron chi connectivity index (χ2n) is 7.91. The van der Waals surface area contributed by atoms with Gasteiger partial charge in [-0.25, -0.2) is 4.39 Å². The first-order chi connectivity index (χ1) is 15.2. The number of amides is 2. The Bertz CT molecular complexity index is 1270. The van der Waals surface area contributed by atoms with Gasteiger partial charge in [-0.05, 0) is 90.1 Å². The smallest absolute Gasteiger partial charge is 0.257 e. The van der Waals surface area contributed by atoms with Crippen molar-refractivity contribution in [2.75, 3.05) is 5.32 Å². The van der Waals surface area contributed by atoms with Crippen LogP contribution in [0.1, 0.15) is 44.7 Å². The van der Waals surface area contributed by atoms with Crippen LogP contribution >= 0.6 is 15.9 Å². The lowest BCUT2D eigenvalue weighted by Crippen LogP contribution is -2.25. The van der Waals surface area contributed by atoms with E-state index in [-0.39, 0.29) is 28.9 Å². The van der Waals surface area contributed by atoms with Crippen molar-refractivity contribution in [1.82, 2.24) is 9.88 Å². The van der Waals surface area contributed by atoms with Crippen molar-refractivity contribution in [3.8, 4) is 5.69 Å². The van der Waals surface area contributed by atoms with Crippen LogP contribution in [0.2, 0.25) is 0 Å². The van der Waals surface area contributed by atoms with E-state index in [1.165, 1.54) is 35.0 Å². The average Bonchev–Trinajstić information content (AvgIpc) is 3.54. The monoisotopic (exact) mass is 497 g/mol. The van der Waals surface area contributed by atoms with Gasteiger partial charge in [-0.2, -0.15) is 0 Å². The first-order valence-corrected chi connectivity index (χ1v) is 10.9. The summed E-state index contributed by atoms with van der Waals surface area (Å²) in [4.78, 5) is 37.8. The summed E-state index contributed by atoms with van der Waals surface area (Å²) in [5.74, 6) is -1.02. The van der Waals surface area contributed by atoms with Gasteiger partial charge >= 0.3 is 0 Å². The number of carbonyl (C=O) groups excluding carboxylic acids is 2. The average molecular weight is 498 g/mol. The first-order valence-electron chi connectivity index (χ1n) is 10.1. The molecular formula is C24H21BrFN3O3. The molecule has 0 radical (unpaired) electrons. The third-order valence-electron chi connectivity index (χ3n) is 5.26. The van der Waals surface area contributed by atoms with Gasteiger partial charge in [-0.1, -0.05) is 0 Å². The Morgan fingerprint density at radius 3 is 2.31 bits per heavy atom. The fraction of sp³-hybridized carbons (Fsp3) is 0.208. The fourth-order valence-corrected chi connectivity index (χ4v) is 3.88. The standard InChI is InChI=1S/C24H21BrFN3O3/c1-13-9-17(26)10-14(2)22(13)29-12-16(4-8-21(29)30)24(32)28-20-11-15(3-7-19(20)25)23(31)27-18-5-6-18/h3-4,7-12,18H,5-6H2,1-2H3,(H,27,31)(H,28,32). The van der Waals surface area contributed by atoms with Crippen LogP contribution in [0.5, 0.6) is 0 Å². The Morgan fingerprint density at radius 2 is 1.66 bits per heavy atom. The van der Waals surface area contributed by atoms with E-state index in [1.807, 2.05) is 0 Å². The molecule has 1 aromatic heterocycles. The van der Waals surface area contributed by atoms with E-state index in [0.29, 0.717) is 32.5 Å². The molecule has 0 aliphatic heterocycles. The van der Waals surface area contributed by atoms with Gasteiger partial charge in [0.15, 0.2) is 0 Å². The van der Waals surface area contributed by atoms with Crippen molar-refractivity contribution < 1.29 is 14.0 Å². The summed E-state index contributed by atoms with van der Waals surface area (Å²) in [5, 5.41) is 5.70. The Morgan fingerprint density at radius 1 is 1.00 bits per heavy atom. The number of hydrogen-bond donors (Lipinski definition) is 2. The number of benzene rings is 2. The Labute approximate surface area is 192 Å². The van der Waals surface area contributed by atoms with Crippen molar-refractivity contribution in [3.63, 3.8) is 0 Å². The van der Waals surface area contributed by atoms with Gasteiger partial charge in [0.05, 0.1) is 16.9 Å². The largest absolute Gasteiger partial charge is 0.349 e. The molecule has 0 saturated heterocycles. The molecule has 0 unspecified atom stereocenters. The van der Waals surface area contributed by atoms with Crippen LogP contribution in [0.15, 0.2) is 57.9 Å². The topological polar surface area (TPSA) is 80.2 Å². The predicted octanol–water partition coefficient (Wildman–Crippen LogP) is 4.50. The lowest BCUT2D eigenvalue weighted by Gasteiger charge is -2.15. The Hall–Kier alpha value is -3.26. The number of halogens is 2. The van der Waals surface area contributed by atoms with Gasteiger partial charge in [-0.15, -0.1) is 0 Å². The van der Waals surface area contributed by atoms with E-state index >= 15 is 0 Å². The third kappa shape index (κ3) is 4.65. The van der Waals surface area contributed by atoms with Crippen LogP contribution in [0.4, 0.5) is 10.1 Å². The highest BCUT2D eigenvalue weighted by molar-refractivity contribution is 9.10. The van der Waals surface area contributed by atoms with E-state index in [1.54, 1.807) is 32.0 Å². The Kier molecular flexibility index (Phi) is 5.97. The van der Waals surface area contributed by atoms with Crippen molar-refractivity contribution in [1.29, 1.82) is 0 Å². The van der Waals surface area contributed by atoms with Crippen LogP contribution in [0.25, 0.3) is 5.69 Å². The molecule has 164 valence electrons. The molecule has 1 fully saturated rings. The molecular weight excluding hydrogens is 477 g/mol. The minimum Gasteiger partial charge on any atom is -0.349 e. The molecule has 6 nitrogen and oxygen atoms in total. The minimum atomic E-state index is -0.448. The fourth-order valence-electron chi connectivity index (χ4n) is 3.53. The molecule has 0 atom stereocenters. The molecule has 0 spiro atoms. The highest BCUT2D eigenvalue weighted by atomic mass is 79.9. The lowest BCUT2D eigenvalue weighted by molar-refractivity contribution is 0.0949. The van der Waals surface area contributed by atoms with Crippen LogP contribution in [-0.4, -0.2) is 22.4 Å². The maximum Gasteiger partial charge on any atom is 0.257 e. The zero-order chi connectivity index (χ0) is 23.0. The molecule has 1 aliphatic rings. The quantitative estimate of drug-likeness (QED) is 0.544. The van der Waals surface area contributed by atoms with E-state index in [0.717, 1.165) is 12.8 Å². The molecule has 3 aromatic rings. The molecule has 32 heavy (non-hydrogen) atoms. The molecule has 4 rings (SSSR count). The van der Waals surface area contributed by atoms with Gasteiger partial charge in [0.1, 0.15) is 5.82 Å². The van der Waals surface area contributed by atoms with Crippen molar-refractivity contribution >= 4 is 33.4 Å². The highest BCUT2D eigenvalue weighted by Gasteiger charge is 2.24. The number of carbonyl (C=O) groups is 2. The summed E-state index contributed by atoms with van der Waals surface area (Å²) in [7, 11) is 0. The number of pyridine rings is 1. The molecule has 1 heterocycles. The predicted molar refractivity (Wildman–Crippen MR) is 124 cm³/mol. The van der Waals surface area contributed by atoms with E-state index in [9.17, 15) is 18.8 Å². The molecule has 1 saturated carbocycles. The van der Waals surface area contributed by atoms with Crippen molar-refractivity contribution in [2.45, 2.75) is 32.7 Å². The van der Waals surface area contributed by atoms with Crippen LogP contribution < -0.4 is 16.2 Å². The molecule has 1 aliphatic carbocycles. The van der Waals surface area contributed by atoms with E-state index < -0.39 is 5.91 Å². The molecule has 2 aromatic carbocycles. The van der Waals surface area contributed by atoms with Gasteiger partial charge in [0, 0.05) is 28.3 Å². The molecule has 0 bridgehead atoms. The van der Waals surface area contributed by atoms with Crippen LogP contribution in [0, 0.1) is 19.7 Å². The van der Waals surface area contributed by atoms with Crippen molar-refractivity contribution in [2.24, 2.45) is 0 Å². The SMILES string of the molecule is Cc1cc(F)cc(C)c1-n1cc(C(=O)Nc2cc(C(=O)NC3CC3)ccc2Br)ccc1=O. The first kappa shape index (κ1) is 22.0. The molecule has 2 N–H and O–H groups in total. The highest BCUT2D eigenvalue weighted by Crippen LogP contribution is 2.26. The summed E-state index contributed by atoms with van der Waals surface area (Å²) in [6, 6.07) is 10.6. The summed E-state index contributed by atoms with van der Waals surface area (Å²) in [5.41, 5.74) is 2.49. The van der Waals surface area contributed by atoms with Crippen LogP contribution in [-0.2, 0) is 0 Å². The van der Waals surface area contributed by atoms with Crippen molar-refractivity contribution in [3.05, 3.63) is 91.6 Å². The second kappa shape index (κ2) is 8.70. The summed E-state index contributed by atoms with van der Waals surface area (Å²) in [6.07, 6.45) is 3.39. The zero-order valence-corrected chi connectivity index (χ0v) is 19.1.